The highest BCUT2D eigenvalue weighted by Gasteiger charge is 2.23. The average Bonchev–Trinajstić information content (AvgIpc) is 2.38. The number of benzene rings is 1. The summed E-state index contributed by atoms with van der Waals surface area (Å²) >= 11 is 2.97. The van der Waals surface area contributed by atoms with Crippen molar-refractivity contribution in [3.63, 3.8) is 0 Å². The van der Waals surface area contributed by atoms with E-state index in [1.54, 1.807) is 6.08 Å². The topological polar surface area (TPSA) is 17.1 Å². The van der Waals surface area contributed by atoms with Crippen molar-refractivity contribution >= 4 is 21.7 Å². The maximum atomic E-state index is 13.4. The lowest BCUT2D eigenvalue weighted by Crippen LogP contribution is -2.11. The van der Waals surface area contributed by atoms with Gasteiger partial charge in [-0.2, -0.15) is 0 Å². The first-order valence-electron chi connectivity index (χ1n) is 5.91. The minimum atomic E-state index is -1.42. The van der Waals surface area contributed by atoms with Crippen molar-refractivity contribution in [3.05, 3.63) is 59.7 Å². The number of alkyl halides is 2. The van der Waals surface area contributed by atoms with Crippen LogP contribution in [-0.2, 0) is 0 Å². The zero-order chi connectivity index (χ0) is 13.0. The third-order valence-corrected chi connectivity index (χ3v) is 3.50. The highest BCUT2D eigenvalue weighted by Crippen LogP contribution is 2.32. The van der Waals surface area contributed by atoms with E-state index in [2.05, 4.69) is 15.9 Å². The maximum absolute atomic E-state index is 13.4. The van der Waals surface area contributed by atoms with Gasteiger partial charge in [0.15, 0.2) is 10.4 Å². The fraction of sp³-hybridized carbons (Fsp3) is 0.267. The second kappa shape index (κ2) is 5.61. The van der Waals surface area contributed by atoms with Gasteiger partial charge in [0.05, 0.1) is 0 Å². The van der Waals surface area contributed by atoms with Gasteiger partial charge in [-0.1, -0.05) is 48.1 Å². The van der Waals surface area contributed by atoms with Gasteiger partial charge in [-0.15, -0.1) is 0 Å². The normalized spacial score (nSPS) is 22.7. The molecule has 0 fully saturated rings. The van der Waals surface area contributed by atoms with Crippen LogP contribution in [0, 0.1) is 0 Å². The molecular weight excluding hydrogens is 295 g/mol. The molecule has 0 bridgehead atoms. The number of hydrogen-bond acceptors (Lipinski definition) is 1. The lowest BCUT2D eigenvalue weighted by molar-refractivity contribution is 0.0983. The van der Waals surface area contributed by atoms with Crippen LogP contribution in [0.4, 0.5) is 4.39 Å². The number of halogens is 2. The molecule has 18 heavy (non-hydrogen) atoms. The highest BCUT2D eigenvalue weighted by atomic mass is 79.9. The average molecular weight is 309 g/mol. The SMILES string of the molecule is O=C(CCC1=CCC(F)(Br)C=C1)c1ccccc1. The number of Topliss-reactive ketones (excluding diaryl/α,β-unsaturated/α-hetero) is 1. The monoisotopic (exact) mass is 308 g/mol. The molecule has 1 aromatic carbocycles. The second-order valence-corrected chi connectivity index (χ2v) is 5.69. The van der Waals surface area contributed by atoms with Gasteiger partial charge in [-0.05, 0) is 28.4 Å². The molecule has 0 spiro atoms. The van der Waals surface area contributed by atoms with E-state index in [1.165, 1.54) is 6.08 Å². The van der Waals surface area contributed by atoms with Crippen molar-refractivity contribution in [2.75, 3.05) is 0 Å². The molecule has 1 nitrogen and oxygen atoms in total. The molecule has 0 saturated heterocycles. The number of ketones is 1. The van der Waals surface area contributed by atoms with Gasteiger partial charge < -0.3 is 0 Å². The Balaban J connectivity index is 1.89. The molecule has 1 unspecified atom stereocenters. The Morgan fingerprint density at radius 1 is 1.33 bits per heavy atom. The smallest absolute Gasteiger partial charge is 0.187 e. The molecule has 0 radical (unpaired) electrons. The summed E-state index contributed by atoms with van der Waals surface area (Å²) in [7, 11) is 0. The van der Waals surface area contributed by atoms with E-state index in [4.69, 9.17) is 0 Å². The van der Waals surface area contributed by atoms with E-state index in [9.17, 15) is 9.18 Å². The minimum absolute atomic E-state index is 0.126. The Bertz CT molecular complexity index is 488. The number of rotatable bonds is 4. The minimum Gasteiger partial charge on any atom is -0.294 e. The summed E-state index contributed by atoms with van der Waals surface area (Å²) in [6.45, 7) is 0. The summed E-state index contributed by atoms with van der Waals surface area (Å²) in [6.07, 6.45) is 6.52. The molecule has 0 N–H and O–H groups in total. The molecule has 1 aliphatic carbocycles. The Morgan fingerprint density at radius 2 is 2.06 bits per heavy atom. The summed E-state index contributed by atoms with van der Waals surface area (Å²) < 4.78 is 12.0. The van der Waals surface area contributed by atoms with Gasteiger partial charge in [0.1, 0.15) is 0 Å². The fourth-order valence-electron chi connectivity index (χ4n) is 1.84. The van der Waals surface area contributed by atoms with Crippen LogP contribution < -0.4 is 0 Å². The summed E-state index contributed by atoms with van der Waals surface area (Å²) in [5.74, 6) is 0.126. The largest absolute Gasteiger partial charge is 0.294 e. The lowest BCUT2D eigenvalue weighted by atomic mass is 9.98. The lowest BCUT2D eigenvalue weighted by Gasteiger charge is -2.16. The van der Waals surface area contributed by atoms with E-state index in [-0.39, 0.29) is 5.78 Å². The molecule has 0 heterocycles. The van der Waals surface area contributed by atoms with E-state index in [0.717, 1.165) is 11.1 Å². The number of carbonyl (C=O) groups excluding carboxylic acids is 1. The van der Waals surface area contributed by atoms with E-state index >= 15 is 0 Å². The van der Waals surface area contributed by atoms with E-state index in [0.29, 0.717) is 19.3 Å². The number of hydrogen-bond donors (Lipinski definition) is 0. The highest BCUT2D eigenvalue weighted by molar-refractivity contribution is 9.10. The summed E-state index contributed by atoms with van der Waals surface area (Å²) in [5.41, 5.74) is 1.75. The van der Waals surface area contributed by atoms with Crippen LogP contribution in [0.3, 0.4) is 0 Å². The van der Waals surface area contributed by atoms with Crippen LogP contribution in [0.2, 0.25) is 0 Å². The van der Waals surface area contributed by atoms with Crippen LogP contribution >= 0.6 is 15.9 Å². The van der Waals surface area contributed by atoms with Gasteiger partial charge in [0, 0.05) is 18.4 Å². The predicted octanol–water partition coefficient (Wildman–Crippen LogP) is 4.60. The van der Waals surface area contributed by atoms with Gasteiger partial charge in [0.2, 0.25) is 0 Å². The molecule has 1 atom stereocenters. The standard InChI is InChI=1S/C15H14BrFO/c16-15(17)10-8-12(9-11-15)6-7-14(18)13-4-2-1-3-5-13/h1-5,8-10H,6-7,11H2. The third kappa shape index (κ3) is 3.64. The molecule has 3 heteroatoms. The molecule has 0 aliphatic heterocycles. The summed E-state index contributed by atoms with van der Waals surface area (Å²) in [4.78, 5) is 11.9. The van der Waals surface area contributed by atoms with Crippen LogP contribution in [0.15, 0.2) is 54.1 Å². The molecular formula is C15H14BrFO. The fourth-order valence-corrected chi connectivity index (χ4v) is 2.14. The van der Waals surface area contributed by atoms with Crippen molar-refractivity contribution in [3.8, 4) is 0 Å². The molecule has 0 aromatic heterocycles. The van der Waals surface area contributed by atoms with Crippen molar-refractivity contribution < 1.29 is 9.18 Å². The molecule has 2 rings (SSSR count). The molecule has 1 aromatic rings. The molecule has 1 aliphatic rings. The zero-order valence-electron chi connectivity index (χ0n) is 9.90. The van der Waals surface area contributed by atoms with Crippen molar-refractivity contribution in [2.45, 2.75) is 23.8 Å². The Labute approximate surface area is 115 Å². The Morgan fingerprint density at radius 3 is 2.67 bits per heavy atom. The molecule has 94 valence electrons. The molecule has 0 saturated carbocycles. The van der Waals surface area contributed by atoms with Gasteiger partial charge in [-0.25, -0.2) is 4.39 Å². The molecule has 0 amide bonds. The van der Waals surface area contributed by atoms with Crippen LogP contribution in [0.1, 0.15) is 29.6 Å². The van der Waals surface area contributed by atoms with Crippen LogP contribution in [0.5, 0.6) is 0 Å². The third-order valence-electron chi connectivity index (χ3n) is 2.91. The van der Waals surface area contributed by atoms with Crippen LogP contribution in [0.25, 0.3) is 0 Å². The first-order chi connectivity index (χ1) is 8.57. The van der Waals surface area contributed by atoms with Gasteiger partial charge >= 0.3 is 0 Å². The predicted molar refractivity (Wildman–Crippen MR) is 74.6 cm³/mol. The Kier molecular flexibility index (Phi) is 4.12. The number of allylic oxidation sites excluding steroid dienone is 4. The van der Waals surface area contributed by atoms with Crippen molar-refractivity contribution in [2.24, 2.45) is 0 Å². The summed E-state index contributed by atoms with van der Waals surface area (Å²) in [6, 6.07) is 9.24. The number of carbonyl (C=O) groups is 1. The first kappa shape index (κ1) is 13.2. The second-order valence-electron chi connectivity index (χ2n) is 4.37. The quantitative estimate of drug-likeness (QED) is 0.587. The van der Waals surface area contributed by atoms with Gasteiger partial charge in [-0.3, -0.25) is 4.79 Å². The maximum Gasteiger partial charge on any atom is 0.187 e. The summed E-state index contributed by atoms with van der Waals surface area (Å²) in [5, 5.41) is 0. The Hall–Kier alpha value is -1.22. The van der Waals surface area contributed by atoms with Crippen molar-refractivity contribution in [1.82, 2.24) is 0 Å². The van der Waals surface area contributed by atoms with E-state index in [1.807, 2.05) is 36.4 Å². The van der Waals surface area contributed by atoms with Crippen molar-refractivity contribution in [1.29, 1.82) is 0 Å². The zero-order valence-corrected chi connectivity index (χ0v) is 11.5. The van der Waals surface area contributed by atoms with E-state index < -0.39 is 4.58 Å². The first-order valence-corrected chi connectivity index (χ1v) is 6.70. The van der Waals surface area contributed by atoms with Gasteiger partial charge in [0.25, 0.3) is 0 Å². The van der Waals surface area contributed by atoms with Crippen LogP contribution in [-0.4, -0.2) is 10.4 Å².